The van der Waals surface area contributed by atoms with Gasteiger partial charge in [0, 0.05) is 36.7 Å². The smallest absolute Gasteiger partial charge is 0.225 e. The minimum absolute atomic E-state index is 0.0182. The molecule has 1 amide bonds. The van der Waals surface area contributed by atoms with E-state index in [-0.39, 0.29) is 17.6 Å². The zero-order chi connectivity index (χ0) is 19.0. The van der Waals surface area contributed by atoms with Crippen molar-refractivity contribution in [2.75, 3.05) is 13.1 Å². The molecule has 1 saturated heterocycles. The van der Waals surface area contributed by atoms with Gasteiger partial charge in [0.2, 0.25) is 5.91 Å². The van der Waals surface area contributed by atoms with E-state index in [1.54, 1.807) is 11.3 Å². The number of rotatable bonds is 3. The summed E-state index contributed by atoms with van der Waals surface area (Å²) in [7, 11) is 0. The SMILES string of the molecule is Cc1ccc2c(c1)C(=O)CC1(CCN(C(=O)[C@@H](C)Cc3cccs3)CC1)O2. The molecule has 4 nitrogen and oxygen atoms in total. The number of nitrogens with zero attached hydrogens (tertiary/aromatic N) is 1. The van der Waals surface area contributed by atoms with Crippen LogP contribution >= 0.6 is 11.3 Å². The minimum Gasteiger partial charge on any atom is -0.486 e. The van der Waals surface area contributed by atoms with E-state index in [1.807, 2.05) is 48.4 Å². The fourth-order valence-electron chi connectivity index (χ4n) is 4.15. The number of piperidine rings is 1. The van der Waals surface area contributed by atoms with Crippen LogP contribution in [0.2, 0.25) is 0 Å². The summed E-state index contributed by atoms with van der Waals surface area (Å²) in [6, 6.07) is 9.91. The van der Waals surface area contributed by atoms with Crippen molar-refractivity contribution in [1.82, 2.24) is 4.90 Å². The molecule has 2 aliphatic rings. The van der Waals surface area contributed by atoms with E-state index in [1.165, 1.54) is 4.88 Å². The first kappa shape index (κ1) is 18.2. The first-order chi connectivity index (χ1) is 13.0. The molecule has 5 heteroatoms. The minimum atomic E-state index is -0.451. The zero-order valence-electron chi connectivity index (χ0n) is 15.9. The van der Waals surface area contributed by atoms with Crippen molar-refractivity contribution in [3.8, 4) is 5.75 Å². The molecular weight excluding hydrogens is 358 g/mol. The van der Waals surface area contributed by atoms with Crippen molar-refractivity contribution >= 4 is 23.0 Å². The van der Waals surface area contributed by atoms with Crippen molar-refractivity contribution < 1.29 is 14.3 Å². The second-order valence-corrected chi connectivity index (χ2v) is 8.93. The third-order valence-electron chi connectivity index (χ3n) is 5.74. The molecular formula is C22H25NO3S. The lowest BCUT2D eigenvalue weighted by molar-refractivity contribution is -0.138. The molecule has 0 radical (unpaired) electrons. The van der Waals surface area contributed by atoms with Crippen LogP contribution in [0.3, 0.4) is 0 Å². The summed E-state index contributed by atoms with van der Waals surface area (Å²) in [6.07, 6.45) is 2.63. The molecule has 0 unspecified atom stereocenters. The number of Topliss-reactive ketones (excluding diaryl/α,β-unsaturated/α-hetero) is 1. The fourth-order valence-corrected chi connectivity index (χ4v) is 4.99. The van der Waals surface area contributed by atoms with Crippen LogP contribution in [0, 0.1) is 12.8 Å². The van der Waals surface area contributed by atoms with Crippen LogP contribution in [0.25, 0.3) is 0 Å². The van der Waals surface area contributed by atoms with Gasteiger partial charge >= 0.3 is 0 Å². The summed E-state index contributed by atoms with van der Waals surface area (Å²) in [5.74, 6) is 1.04. The van der Waals surface area contributed by atoms with Gasteiger partial charge in [0.25, 0.3) is 0 Å². The number of thiophene rings is 1. The first-order valence-electron chi connectivity index (χ1n) is 9.60. The molecule has 0 bridgehead atoms. The van der Waals surface area contributed by atoms with E-state index in [2.05, 4.69) is 6.07 Å². The average molecular weight is 384 g/mol. The molecule has 3 heterocycles. The molecule has 2 aliphatic heterocycles. The Kier molecular flexibility index (Phi) is 4.81. The Morgan fingerprint density at radius 2 is 2.07 bits per heavy atom. The Balaban J connectivity index is 1.40. The highest BCUT2D eigenvalue weighted by Gasteiger charge is 2.44. The number of benzene rings is 1. The van der Waals surface area contributed by atoms with E-state index in [9.17, 15) is 9.59 Å². The molecule has 2 aromatic rings. The van der Waals surface area contributed by atoms with Gasteiger partial charge in [0.15, 0.2) is 5.78 Å². The van der Waals surface area contributed by atoms with Crippen molar-refractivity contribution in [2.45, 2.75) is 45.1 Å². The van der Waals surface area contributed by atoms with Gasteiger partial charge in [-0.3, -0.25) is 9.59 Å². The lowest BCUT2D eigenvalue weighted by Gasteiger charge is -2.44. The first-order valence-corrected chi connectivity index (χ1v) is 10.5. The van der Waals surface area contributed by atoms with Crippen molar-refractivity contribution in [2.24, 2.45) is 5.92 Å². The zero-order valence-corrected chi connectivity index (χ0v) is 16.7. The summed E-state index contributed by atoms with van der Waals surface area (Å²) in [5.41, 5.74) is 1.32. The number of amides is 1. The third kappa shape index (κ3) is 3.65. The highest BCUT2D eigenvalue weighted by Crippen LogP contribution is 2.39. The van der Waals surface area contributed by atoms with Crippen molar-refractivity contribution in [1.29, 1.82) is 0 Å². The van der Waals surface area contributed by atoms with Crippen LogP contribution in [0.15, 0.2) is 35.7 Å². The topological polar surface area (TPSA) is 46.6 Å². The Morgan fingerprint density at radius 1 is 1.30 bits per heavy atom. The molecule has 0 aliphatic carbocycles. The predicted octanol–water partition coefficient (Wildman–Crippen LogP) is 4.26. The molecule has 0 N–H and O–H groups in total. The monoisotopic (exact) mass is 383 g/mol. The summed E-state index contributed by atoms with van der Waals surface area (Å²) in [6.45, 7) is 5.30. The molecule has 27 heavy (non-hydrogen) atoms. The number of carbonyl (C=O) groups is 2. The predicted molar refractivity (Wildman–Crippen MR) is 106 cm³/mol. The van der Waals surface area contributed by atoms with Gasteiger partial charge in [0.1, 0.15) is 11.4 Å². The quantitative estimate of drug-likeness (QED) is 0.795. The number of carbonyl (C=O) groups excluding carboxylic acids is 2. The number of ether oxygens (including phenoxy) is 1. The number of fused-ring (bicyclic) bond motifs is 1. The molecule has 142 valence electrons. The molecule has 1 aromatic carbocycles. The summed E-state index contributed by atoms with van der Waals surface area (Å²) in [4.78, 5) is 28.7. The van der Waals surface area contributed by atoms with Gasteiger partial charge in [-0.2, -0.15) is 0 Å². The summed E-state index contributed by atoms with van der Waals surface area (Å²) in [5, 5.41) is 2.05. The molecule has 1 spiro atoms. The summed E-state index contributed by atoms with van der Waals surface area (Å²) < 4.78 is 6.30. The normalized spacial score (nSPS) is 19.5. The molecule has 4 rings (SSSR count). The Morgan fingerprint density at radius 3 is 2.78 bits per heavy atom. The van der Waals surface area contributed by atoms with E-state index >= 15 is 0 Å². The van der Waals surface area contributed by atoms with Gasteiger partial charge in [-0.05, 0) is 36.9 Å². The number of hydrogen-bond acceptors (Lipinski definition) is 4. The molecule has 1 atom stereocenters. The van der Waals surface area contributed by atoms with Crippen LogP contribution in [-0.2, 0) is 11.2 Å². The van der Waals surface area contributed by atoms with Gasteiger partial charge in [-0.1, -0.05) is 24.6 Å². The second-order valence-electron chi connectivity index (χ2n) is 7.89. The van der Waals surface area contributed by atoms with Gasteiger partial charge in [-0.25, -0.2) is 0 Å². The maximum absolute atomic E-state index is 12.8. The van der Waals surface area contributed by atoms with E-state index < -0.39 is 5.60 Å². The number of likely N-dealkylation sites (tertiary alicyclic amines) is 1. The van der Waals surface area contributed by atoms with Crippen molar-refractivity contribution in [3.63, 3.8) is 0 Å². The van der Waals surface area contributed by atoms with Gasteiger partial charge < -0.3 is 9.64 Å². The van der Waals surface area contributed by atoms with Crippen LogP contribution in [0.4, 0.5) is 0 Å². The number of ketones is 1. The van der Waals surface area contributed by atoms with E-state index in [4.69, 9.17) is 4.74 Å². The number of hydrogen-bond donors (Lipinski definition) is 0. The average Bonchev–Trinajstić information content (AvgIpc) is 3.15. The maximum Gasteiger partial charge on any atom is 0.225 e. The lowest BCUT2D eigenvalue weighted by atomic mass is 9.82. The van der Waals surface area contributed by atoms with Gasteiger partial charge in [-0.15, -0.1) is 11.3 Å². The van der Waals surface area contributed by atoms with Crippen LogP contribution in [0.5, 0.6) is 5.75 Å². The van der Waals surface area contributed by atoms with Crippen LogP contribution < -0.4 is 4.74 Å². The van der Waals surface area contributed by atoms with E-state index in [0.717, 1.165) is 12.0 Å². The summed E-state index contributed by atoms with van der Waals surface area (Å²) >= 11 is 1.70. The second kappa shape index (κ2) is 7.12. The Bertz CT molecular complexity index is 850. The van der Waals surface area contributed by atoms with Crippen molar-refractivity contribution in [3.05, 3.63) is 51.7 Å². The Labute approximate surface area is 164 Å². The molecule has 1 fully saturated rings. The van der Waals surface area contributed by atoms with Gasteiger partial charge in [0.05, 0.1) is 12.0 Å². The number of aryl methyl sites for hydroxylation is 1. The van der Waals surface area contributed by atoms with Crippen LogP contribution in [0.1, 0.15) is 47.0 Å². The largest absolute Gasteiger partial charge is 0.486 e. The molecule has 0 saturated carbocycles. The van der Waals surface area contributed by atoms with E-state index in [0.29, 0.717) is 43.7 Å². The highest BCUT2D eigenvalue weighted by atomic mass is 32.1. The standard InChI is InChI=1S/C22H25NO3S/c1-15-5-6-20-18(12-15)19(24)14-22(26-20)7-9-23(10-8-22)21(25)16(2)13-17-4-3-11-27-17/h3-6,11-12,16H,7-10,13-14H2,1-2H3/t16-/m0/s1. The maximum atomic E-state index is 12.8. The third-order valence-corrected chi connectivity index (χ3v) is 6.64. The molecule has 1 aromatic heterocycles. The van der Waals surface area contributed by atoms with Crippen LogP contribution in [-0.4, -0.2) is 35.3 Å². The highest BCUT2D eigenvalue weighted by molar-refractivity contribution is 7.09. The Hall–Kier alpha value is -2.14. The fraction of sp³-hybridized carbons (Fsp3) is 0.455. The lowest BCUT2D eigenvalue weighted by Crippen LogP contribution is -2.53.